The van der Waals surface area contributed by atoms with Crippen LogP contribution in [0.15, 0.2) is 0 Å². The lowest BCUT2D eigenvalue weighted by molar-refractivity contribution is -0.125. The van der Waals surface area contributed by atoms with Gasteiger partial charge in [0.15, 0.2) is 0 Å². The van der Waals surface area contributed by atoms with E-state index >= 15 is 0 Å². The zero-order valence-corrected chi connectivity index (χ0v) is 11.2. The summed E-state index contributed by atoms with van der Waals surface area (Å²) in [6.07, 6.45) is 3.45. The molecule has 1 amide bonds. The van der Waals surface area contributed by atoms with E-state index in [4.69, 9.17) is 5.73 Å². The highest BCUT2D eigenvalue weighted by Crippen LogP contribution is 2.26. The quantitative estimate of drug-likeness (QED) is 0.646. The normalized spacial score (nSPS) is 33.2. The zero-order chi connectivity index (χ0) is 13.2. The van der Waals surface area contributed by atoms with Crippen LogP contribution in [0.4, 0.5) is 0 Å². The second-order valence-corrected chi connectivity index (χ2v) is 5.93. The maximum Gasteiger partial charge on any atom is 0.221 e. The van der Waals surface area contributed by atoms with Gasteiger partial charge in [-0.2, -0.15) is 0 Å². The van der Waals surface area contributed by atoms with Gasteiger partial charge in [-0.25, -0.2) is 0 Å². The van der Waals surface area contributed by atoms with Crippen molar-refractivity contribution in [2.24, 2.45) is 11.7 Å². The van der Waals surface area contributed by atoms with Crippen molar-refractivity contribution in [3.05, 3.63) is 0 Å². The van der Waals surface area contributed by atoms with Gasteiger partial charge in [0.25, 0.3) is 0 Å². The Morgan fingerprint density at radius 3 is 2.72 bits per heavy atom. The molecule has 0 aliphatic carbocycles. The number of amides is 1. The molecule has 2 fully saturated rings. The molecule has 0 spiro atoms. The number of aliphatic hydroxyl groups is 1. The largest absolute Gasteiger partial charge is 0.388 e. The van der Waals surface area contributed by atoms with Gasteiger partial charge in [-0.15, -0.1) is 0 Å². The first kappa shape index (κ1) is 13.8. The summed E-state index contributed by atoms with van der Waals surface area (Å²) >= 11 is 0. The van der Waals surface area contributed by atoms with Gasteiger partial charge in [0.2, 0.25) is 5.91 Å². The van der Waals surface area contributed by atoms with Gasteiger partial charge in [-0.1, -0.05) is 0 Å². The molecule has 0 bridgehead atoms. The number of carbonyl (C=O) groups is 1. The zero-order valence-electron chi connectivity index (χ0n) is 11.2. The molecule has 2 unspecified atom stereocenters. The lowest BCUT2D eigenvalue weighted by atomic mass is 9.87. The molecular formula is C13H25N3O2. The van der Waals surface area contributed by atoms with Crippen LogP contribution in [0, 0.1) is 5.92 Å². The summed E-state index contributed by atoms with van der Waals surface area (Å²) in [5.74, 6) is -0.254. The summed E-state index contributed by atoms with van der Waals surface area (Å²) in [6.45, 7) is 5.28. The molecule has 5 nitrogen and oxygen atoms in total. The van der Waals surface area contributed by atoms with Crippen molar-refractivity contribution in [1.29, 1.82) is 0 Å². The molecule has 2 rings (SSSR count). The molecule has 0 aromatic carbocycles. The van der Waals surface area contributed by atoms with Crippen LogP contribution in [0.3, 0.4) is 0 Å². The molecule has 104 valence electrons. The Bertz CT molecular complexity index is 303. The van der Waals surface area contributed by atoms with Crippen LogP contribution >= 0.6 is 0 Å². The summed E-state index contributed by atoms with van der Waals surface area (Å²) in [5, 5.41) is 13.8. The van der Waals surface area contributed by atoms with Crippen LogP contribution in [0.1, 0.15) is 32.6 Å². The van der Waals surface area contributed by atoms with Crippen LogP contribution in [0.25, 0.3) is 0 Å². The first-order valence-corrected chi connectivity index (χ1v) is 6.97. The second kappa shape index (κ2) is 5.55. The average molecular weight is 255 g/mol. The van der Waals surface area contributed by atoms with E-state index in [2.05, 4.69) is 17.1 Å². The number of piperidine rings is 2. The molecule has 2 atom stereocenters. The molecule has 4 N–H and O–H groups in total. The fourth-order valence-electron chi connectivity index (χ4n) is 3.06. The number of rotatable bonds is 3. The summed E-state index contributed by atoms with van der Waals surface area (Å²) < 4.78 is 0. The van der Waals surface area contributed by atoms with Crippen LogP contribution < -0.4 is 11.1 Å². The molecule has 0 aromatic rings. The Labute approximate surface area is 109 Å². The van der Waals surface area contributed by atoms with Crippen LogP contribution in [-0.4, -0.2) is 53.7 Å². The Balaban J connectivity index is 1.95. The van der Waals surface area contributed by atoms with Gasteiger partial charge in [-0.3, -0.25) is 9.69 Å². The fourth-order valence-corrected chi connectivity index (χ4v) is 3.06. The van der Waals surface area contributed by atoms with E-state index < -0.39 is 5.60 Å². The summed E-state index contributed by atoms with van der Waals surface area (Å²) in [4.78, 5) is 13.5. The summed E-state index contributed by atoms with van der Waals surface area (Å²) in [6, 6.07) is 0.430. The molecule has 2 aliphatic rings. The minimum absolute atomic E-state index is 0.0495. The Morgan fingerprint density at radius 1 is 1.44 bits per heavy atom. The molecule has 2 saturated heterocycles. The monoisotopic (exact) mass is 255 g/mol. The SMILES string of the molecule is CC1CCC(C(N)=O)CN1CC1(O)CCNCC1. The van der Waals surface area contributed by atoms with Crippen LogP contribution in [0.5, 0.6) is 0 Å². The minimum Gasteiger partial charge on any atom is -0.388 e. The smallest absolute Gasteiger partial charge is 0.221 e. The third-order valence-electron chi connectivity index (χ3n) is 4.45. The number of hydrogen-bond acceptors (Lipinski definition) is 4. The first-order valence-electron chi connectivity index (χ1n) is 6.97. The van der Waals surface area contributed by atoms with Gasteiger partial charge >= 0.3 is 0 Å². The van der Waals surface area contributed by atoms with E-state index in [-0.39, 0.29) is 11.8 Å². The molecule has 0 radical (unpaired) electrons. The predicted molar refractivity (Wildman–Crippen MR) is 70.0 cm³/mol. The van der Waals surface area contributed by atoms with Crippen LogP contribution in [-0.2, 0) is 4.79 Å². The van der Waals surface area contributed by atoms with Crippen molar-refractivity contribution in [1.82, 2.24) is 10.2 Å². The second-order valence-electron chi connectivity index (χ2n) is 5.93. The highest BCUT2D eigenvalue weighted by atomic mass is 16.3. The summed E-state index contributed by atoms with van der Waals surface area (Å²) in [5.41, 5.74) is 4.80. The first-order chi connectivity index (χ1) is 8.50. The number of nitrogens with one attached hydrogen (secondary N) is 1. The molecule has 2 heterocycles. The van der Waals surface area contributed by atoms with Crippen molar-refractivity contribution >= 4 is 5.91 Å². The lowest BCUT2D eigenvalue weighted by Gasteiger charge is -2.43. The Morgan fingerprint density at radius 2 is 2.11 bits per heavy atom. The minimum atomic E-state index is -0.598. The number of likely N-dealkylation sites (tertiary alicyclic amines) is 1. The van der Waals surface area contributed by atoms with Gasteiger partial charge in [-0.05, 0) is 45.7 Å². The fraction of sp³-hybridized carbons (Fsp3) is 0.923. The molecule has 18 heavy (non-hydrogen) atoms. The maximum absolute atomic E-state index is 11.3. The summed E-state index contributed by atoms with van der Waals surface area (Å²) in [7, 11) is 0. The molecule has 0 aromatic heterocycles. The molecule has 5 heteroatoms. The van der Waals surface area contributed by atoms with E-state index in [0.717, 1.165) is 38.8 Å². The van der Waals surface area contributed by atoms with Crippen molar-refractivity contribution in [2.45, 2.75) is 44.2 Å². The highest BCUT2D eigenvalue weighted by Gasteiger charge is 2.36. The van der Waals surface area contributed by atoms with Crippen LogP contribution in [0.2, 0.25) is 0 Å². The predicted octanol–water partition coefficient (Wildman–Crippen LogP) is -0.313. The van der Waals surface area contributed by atoms with E-state index in [1.807, 2.05) is 0 Å². The van der Waals surface area contributed by atoms with E-state index in [0.29, 0.717) is 19.1 Å². The highest BCUT2D eigenvalue weighted by molar-refractivity contribution is 5.76. The number of nitrogens with two attached hydrogens (primary N) is 1. The molecular weight excluding hydrogens is 230 g/mol. The van der Waals surface area contributed by atoms with E-state index in [1.165, 1.54) is 0 Å². The molecule has 0 saturated carbocycles. The number of nitrogens with zero attached hydrogens (tertiary/aromatic N) is 1. The number of β-amino-alcohol motifs (C(OH)–C–C–N with tert-alkyl or cyclic N) is 1. The third-order valence-corrected chi connectivity index (χ3v) is 4.45. The molecule has 2 aliphatic heterocycles. The Kier molecular flexibility index (Phi) is 4.25. The number of carbonyl (C=O) groups excluding carboxylic acids is 1. The maximum atomic E-state index is 11.3. The van der Waals surface area contributed by atoms with Gasteiger partial charge in [0.1, 0.15) is 0 Å². The van der Waals surface area contributed by atoms with Crippen molar-refractivity contribution < 1.29 is 9.90 Å². The third kappa shape index (κ3) is 3.22. The van der Waals surface area contributed by atoms with Crippen molar-refractivity contribution in [3.8, 4) is 0 Å². The van der Waals surface area contributed by atoms with Crippen molar-refractivity contribution in [2.75, 3.05) is 26.2 Å². The standard InChI is InChI=1S/C13H25N3O2/c1-10-2-3-11(12(14)17)8-16(10)9-13(18)4-6-15-7-5-13/h10-11,15,18H,2-9H2,1H3,(H2,14,17). The lowest BCUT2D eigenvalue weighted by Crippen LogP contribution is -2.55. The number of hydrogen-bond donors (Lipinski definition) is 3. The van der Waals surface area contributed by atoms with Gasteiger partial charge in [0.05, 0.1) is 11.5 Å². The van der Waals surface area contributed by atoms with Crippen molar-refractivity contribution in [3.63, 3.8) is 0 Å². The van der Waals surface area contributed by atoms with Gasteiger partial charge in [0, 0.05) is 19.1 Å². The average Bonchev–Trinajstić information content (AvgIpc) is 2.32. The van der Waals surface area contributed by atoms with E-state index in [1.54, 1.807) is 0 Å². The van der Waals surface area contributed by atoms with E-state index in [9.17, 15) is 9.90 Å². The topological polar surface area (TPSA) is 78.6 Å². The number of primary amides is 1. The van der Waals surface area contributed by atoms with Gasteiger partial charge < -0.3 is 16.2 Å². The Hall–Kier alpha value is -0.650.